The van der Waals surface area contributed by atoms with Gasteiger partial charge in [-0.2, -0.15) is 0 Å². The average Bonchev–Trinajstić information content (AvgIpc) is 2.91. The number of oxazole rings is 1. The molecule has 0 saturated heterocycles. The summed E-state index contributed by atoms with van der Waals surface area (Å²) in [6.45, 7) is 2.89. The lowest BCUT2D eigenvalue weighted by Crippen LogP contribution is -1.96. The van der Waals surface area contributed by atoms with Gasteiger partial charge in [0.2, 0.25) is 5.89 Å². The van der Waals surface area contributed by atoms with E-state index in [1.54, 1.807) is 0 Å². The Kier molecular flexibility index (Phi) is 4.25. The van der Waals surface area contributed by atoms with Gasteiger partial charge in [-0.15, -0.1) is 0 Å². The lowest BCUT2D eigenvalue weighted by molar-refractivity contribution is 0.309. The van der Waals surface area contributed by atoms with Gasteiger partial charge in [-0.3, -0.25) is 0 Å². The van der Waals surface area contributed by atoms with E-state index in [0.29, 0.717) is 5.89 Å². The van der Waals surface area contributed by atoms with Crippen LogP contribution in [0, 0.1) is 0 Å². The molecule has 3 nitrogen and oxygen atoms in total. The van der Waals surface area contributed by atoms with Crippen molar-refractivity contribution in [3.63, 3.8) is 0 Å². The third-order valence-electron chi connectivity index (χ3n) is 3.20. The number of benzene rings is 2. The van der Waals surface area contributed by atoms with Crippen LogP contribution in [0.1, 0.15) is 19.8 Å². The van der Waals surface area contributed by atoms with Gasteiger partial charge in [0.25, 0.3) is 0 Å². The lowest BCUT2D eigenvalue weighted by atomic mass is 10.2. The fourth-order valence-corrected chi connectivity index (χ4v) is 2.42. The van der Waals surface area contributed by atoms with E-state index < -0.39 is 0 Å². The van der Waals surface area contributed by atoms with Crippen LogP contribution < -0.4 is 4.74 Å². The van der Waals surface area contributed by atoms with Crippen LogP contribution in [0.25, 0.3) is 22.6 Å². The minimum absolute atomic E-state index is 0.615. The van der Waals surface area contributed by atoms with Gasteiger partial charge in [-0.25, -0.2) is 4.98 Å². The van der Waals surface area contributed by atoms with Crippen molar-refractivity contribution in [2.75, 3.05) is 6.61 Å². The molecule has 0 saturated carbocycles. The van der Waals surface area contributed by atoms with E-state index in [2.05, 4.69) is 27.8 Å². The monoisotopic (exact) mass is 345 g/mol. The summed E-state index contributed by atoms with van der Waals surface area (Å²) >= 11 is 3.44. The van der Waals surface area contributed by atoms with E-state index in [4.69, 9.17) is 9.15 Å². The zero-order valence-electron chi connectivity index (χ0n) is 11.8. The smallest absolute Gasteiger partial charge is 0.227 e. The Balaban J connectivity index is 1.89. The molecule has 3 rings (SSSR count). The van der Waals surface area contributed by atoms with Crippen molar-refractivity contribution in [2.24, 2.45) is 0 Å². The molecule has 0 bridgehead atoms. The summed E-state index contributed by atoms with van der Waals surface area (Å²) < 4.78 is 12.5. The number of nitrogens with zero attached hydrogens (tertiary/aromatic N) is 1. The Morgan fingerprint density at radius 3 is 2.95 bits per heavy atom. The maximum Gasteiger partial charge on any atom is 0.227 e. The van der Waals surface area contributed by atoms with Crippen molar-refractivity contribution in [1.82, 2.24) is 4.98 Å². The van der Waals surface area contributed by atoms with Crippen molar-refractivity contribution >= 4 is 27.0 Å². The molecule has 4 heteroatoms. The molecule has 2 aromatic carbocycles. The molecule has 0 fully saturated rings. The molecule has 0 atom stereocenters. The molecule has 0 aliphatic carbocycles. The maximum absolute atomic E-state index is 5.82. The number of hydrogen-bond donors (Lipinski definition) is 0. The third kappa shape index (κ3) is 3.27. The molecular weight excluding hydrogens is 330 g/mol. The van der Waals surface area contributed by atoms with Gasteiger partial charge in [0.05, 0.1) is 6.61 Å². The largest absolute Gasteiger partial charge is 0.494 e. The van der Waals surface area contributed by atoms with E-state index in [0.717, 1.165) is 46.3 Å². The zero-order valence-corrected chi connectivity index (χ0v) is 13.4. The van der Waals surface area contributed by atoms with Gasteiger partial charge in [0, 0.05) is 10.0 Å². The van der Waals surface area contributed by atoms with E-state index in [9.17, 15) is 0 Å². The Hall–Kier alpha value is -1.81. The SMILES string of the molecule is CCCCOc1cccc(-c2nc3ccc(Br)cc3o2)c1. The van der Waals surface area contributed by atoms with E-state index in [-0.39, 0.29) is 0 Å². The quantitative estimate of drug-likeness (QED) is 0.577. The Bertz CT molecular complexity index is 751. The summed E-state index contributed by atoms with van der Waals surface area (Å²) in [6, 6.07) is 13.7. The molecule has 0 N–H and O–H groups in total. The Morgan fingerprint density at radius 1 is 1.19 bits per heavy atom. The van der Waals surface area contributed by atoms with Gasteiger partial charge in [-0.05, 0) is 42.8 Å². The summed E-state index contributed by atoms with van der Waals surface area (Å²) in [4.78, 5) is 4.52. The van der Waals surface area contributed by atoms with Crippen LogP contribution in [0.2, 0.25) is 0 Å². The van der Waals surface area contributed by atoms with Crippen molar-refractivity contribution in [3.05, 3.63) is 46.9 Å². The van der Waals surface area contributed by atoms with Gasteiger partial charge in [-0.1, -0.05) is 35.3 Å². The number of rotatable bonds is 5. The number of fused-ring (bicyclic) bond motifs is 1. The first-order chi connectivity index (χ1) is 10.3. The molecule has 108 valence electrons. The first kappa shape index (κ1) is 14.1. The summed E-state index contributed by atoms with van der Waals surface area (Å²) in [5, 5.41) is 0. The van der Waals surface area contributed by atoms with Crippen molar-refractivity contribution in [2.45, 2.75) is 19.8 Å². The molecule has 0 aliphatic rings. The van der Waals surface area contributed by atoms with Crippen LogP contribution in [0.3, 0.4) is 0 Å². The number of ether oxygens (including phenoxy) is 1. The lowest BCUT2D eigenvalue weighted by Gasteiger charge is -2.05. The molecule has 0 aliphatic heterocycles. The molecule has 1 aromatic heterocycles. The Morgan fingerprint density at radius 2 is 2.10 bits per heavy atom. The number of unbranched alkanes of at least 4 members (excludes halogenated alkanes) is 1. The molecule has 0 amide bonds. The predicted octanol–water partition coefficient (Wildman–Crippen LogP) is 5.44. The van der Waals surface area contributed by atoms with Gasteiger partial charge in [0.15, 0.2) is 5.58 Å². The summed E-state index contributed by atoms with van der Waals surface area (Å²) in [7, 11) is 0. The van der Waals surface area contributed by atoms with Crippen molar-refractivity contribution in [1.29, 1.82) is 0 Å². The zero-order chi connectivity index (χ0) is 14.7. The highest BCUT2D eigenvalue weighted by atomic mass is 79.9. The van der Waals surface area contributed by atoms with Crippen LogP contribution in [-0.2, 0) is 0 Å². The second-order valence-corrected chi connectivity index (χ2v) is 5.78. The molecule has 1 heterocycles. The first-order valence-electron chi connectivity index (χ1n) is 7.05. The maximum atomic E-state index is 5.82. The van der Waals surface area contributed by atoms with Crippen LogP contribution in [0.15, 0.2) is 51.4 Å². The summed E-state index contributed by atoms with van der Waals surface area (Å²) in [6.07, 6.45) is 2.18. The first-order valence-corrected chi connectivity index (χ1v) is 7.85. The molecule has 0 unspecified atom stereocenters. The van der Waals surface area contributed by atoms with E-state index in [1.165, 1.54) is 0 Å². The minimum Gasteiger partial charge on any atom is -0.494 e. The molecular formula is C17H16BrNO2. The highest BCUT2D eigenvalue weighted by Gasteiger charge is 2.09. The van der Waals surface area contributed by atoms with Crippen LogP contribution in [0.5, 0.6) is 5.75 Å². The minimum atomic E-state index is 0.615. The summed E-state index contributed by atoms with van der Waals surface area (Å²) in [5.41, 5.74) is 2.55. The average molecular weight is 346 g/mol. The number of hydrogen-bond acceptors (Lipinski definition) is 3. The number of aromatic nitrogens is 1. The standard InChI is InChI=1S/C17H16BrNO2/c1-2-3-9-20-14-6-4-5-12(10-14)17-19-15-8-7-13(18)11-16(15)21-17/h4-8,10-11H,2-3,9H2,1H3. The van der Waals surface area contributed by atoms with Gasteiger partial charge < -0.3 is 9.15 Å². The van der Waals surface area contributed by atoms with E-state index >= 15 is 0 Å². The van der Waals surface area contributed by atoms with Crippen LogP contribution in [0.4, 0.5) is 0 Å². The topological polar surface area (TPSA) is 35.3 Å². The van der Waals surface area contributed by atoms with Crippen molar-refractivity contribution < 1.29 is 9.15 Å². The highest BCUT2D eigenvalue weighted by molar-refractivity contribution is 9.10. The molecule has 0 spiro atoms. The Labute approximate surface area is 132 Å². The molecule has 0 radical (unpaired) electrons. The van der Waals surface area contributed by atoms with Crippen molar-refractivity contribution in [3.8, 4) is 17.2 Å². The molecule has 3 aromatic rings. The second-order valence-electron chi connectivity index (χ2n) is 4.86. The van der Waals surface area contributed by atoms with Gasteiger partial charge in [0.1, 0.15) is 11.3 Å². The fraction of sp³-hybridized carbons (Fsp3) is 0.235. The summed E-state index contributed by atoms with van der Waals surface area (Å²) in [5.74, 6) is 1.47. The normalized spacial score (nSPS) is 11.0. The van der Waals surface area contributed by atoms with Crippen LogP contribution >= 0.6 is 15.9 Å². The predicted molar refractivity (Wildman–Crippen MR) is 87.5 cm³/mol. The number of halogens is 1. The third-order valence-corrected chi connectivity index (χ3v) is 3.69. The molecule has 21 heavy (non-hydrogen) atoms. The van der Waals surface area contributed by atoms with Gasteiger partial charge >= 0.3 is 0 Å². The van der Waals surface area contributed by atoms with Crippen LogP contribution in [-0.4, -0.2) is 11.6 Å². The highest BCUT2D eigenvalue weighted by Crippen LogP contribution is 2.28. The van der Waals surface area contributed by atoms with E-state index in [1.807, 2.05) is 42.5 Å². The fourth-order valence-electron chi connectivity index (χ4n) is 2.08. The second kappa shape index (κ2) is 6.31.